The average Bonchev–Trinajstić information content (AvgIpc) is 3.03. The van der Waals surface area contributed by atoms with E-state index in [1.807, 2.05) is 47.8 Å². The van der Waals surface area contributed by atoms with Gasteiger partial charge in [-0.3, -0.25) is 10.1 Å². The van der Waals surface area contributed by atoms with E-state index in [1.165, 1.54) is 11.3 Å². The van der Waals surface area contributed by atoms with Crippen molar-refractivity contribution in [2.45, 2.75) is 0 Å². The molecule has 1 aromatic heterocycles. The Balaban J connectivity index is 1.79. The van der Waals surface area contributed by atoms with Crippen LogP contribution in [0.1, 0.15) is 10.4 Å². The molecular weight excluding hydrogens is 376 g/mol. The second-order valence-corrected chi connectivity index (χ2v) is 6.42. The highest BCUT2D eigenvalue weighted by atomic mass is 79.9. The summed E-state index contributed by atoms with van der Waals surface area (Å²) in [5.74, 6) is 0.582. The Labute approximate surface area is 146 Å². The fourth-order valence-corrected chi connectivity index (χ4v) is 3.24. The van der Waals surface area contributed by atoms with E-state index in [2.05, 4.69) is 26.2 Å². The van der Waals surface area contributed by atoms with Gasteiger partial charge in [-0.1, -0.05) is 24.3 Å². The molecule has 116 valence electrons. The summed E-state index contributed by atoms with van der Waals surface area (Å²) < 4.78 is 5.97. The van der Waals surface area contributed by atoms with Gasteiger partial charge in [-0.25, -0.2) is 4.98 Å². The molecule has 1 amide bonds. The Bertz CT molecular complexity index is 848. The maximum absolute atomic E-state index is 12.3. The molecule has 2 aromatic carbocycles. The molecule has 0 radical (unpaired) electrons. The van der Waals surface area contributed by atoms with Crippen molar-refractivity contribution in [2.75, 3.05) is 12.4 Å². The maximum Gasteiger partial charge on any atom is 0.258 e. The summed E-state index contributed by atoms with van der Waals surface area (Å²) >= 11 is 4.76. The SMILES string of the molecule is COc1cccc(-c2csc(NC(=O)c3ccccc3Br)n2)c1. The Hall–Kier alpha value is -2.18. The molecule has 1 N–H and O–H groups in total. The van der Waals surface area contributed by atoms with Gasteiger partial charge in [-0.15, -0.1) is 11.3 Å². The molecule has 4 nitrogen and oxygen atoms in total. The zero-order valence-electron chi connectivity index (χ0n) is 12.2. The van der Waals surface area contributed by atoms with E-state index in [4.69, 9.17) is 4.74 Å². The smallest absolute Gasteiger partial charge is 0.258 e. The van der Waals surface area contributed by atoms with Crippen molar-refractivity contribution in [3.63, 3.8) is 0 Å². The van der Waals surface area contributed by atoms with Crippen LogP contribution in [0.3, 0.4) is 0 Å². The zero-order valence-corrected chi connectivity index (χ0v) is 14.6. The minimum Gasteiger partial charge on any atom is -0.497 e. The van der Waals surface area contributed by atoms with E-state index in [0.717, 1.165) is 21.5 Å². The molecule has 0 spiro atoms. The lowest BCUT2D eigenvalue weighted by atomic mass is 10.2. The normalized spacial score (nSPS) is 10.3. The second kappa shape index (κ2) is 6.93. The number of anilines is 1. The summed E-state index contributed by atoms with van der Waals surface area (Å²) in [7, 11) is 1.63. The number of methoxy groups -OCH3 is 1. The van der Waals surface area contributed by atoms with Crippen molar-refractivity contribution < 1.29 is 9.53 Å². The quantitative estimate of drug-likeness (QED) is 0.695. The number of thiazole rings is 1. The maximum atomic E-state index is 12.3. The van der Waals surface area contributed by atoms with E-state index in [0.29, 0.717) is 10.7 Å². The number of hydrogen-bond donors (Lipinski definition) is 1. The van der Waals surface area contributed by atoms with Gasteiger partial charge in [-0.05, 0) is 40.2 Å². The fraction of sp³-hybridized carbons (Fsp3) is 0.0588. The molecule has 0 aliphatic carbocycles. The van der Waals surface area contributed by atoms with E-state index in [-0.39, 0.29) is 5.91 Å². The first-order valence-electron chi connectivity index (χ1n) is 6.83. The number of carbonyl (C=O) groups is 1. The second-order valence-electron chi connectivity index (χ2n) is 4.70. The van der Waals surface area contributed by atoms with Gasteiger partial charge in [0.25, 0.3) is 5.91 Å². The number of amides is 1. The fourth-order valence-electron chi connectivity index (χ4n) is 2.06. The number of nitrogens with one attached hydrogen (secondary N) is 1. The first-order valence-corrected chi connectivity index (χ1v) is 8.50. The van der Waals surface area contributed by atoms with E-state index >= 15 is 0 Å². The number of rotatable bonds is 4. The zero-order chi connectivity index (χ0) is 16.2. The number of carbonyl (C=O) groups excluding carboxylic acids is 1. The van der Waals surface area contributed by atoms with Crippen LogP contribution < -0.4 is 10.1 Å². The number of halogens is 1. The van der Waals surface area contributed by atoms with Crippen LogP contribution in [0.25, 0.3) is 11.3 Å². The monoisotopic (exact) mass is 388 g/mol. The highest BCUT2D eigenvalue weighted by molar-refractivity contribution is 9.10. The summed E-state index contributed by atoms with van der Waals surface area (Å²) in [4.78, 5) is 16.8. The van der Waals surface area contributed by atoms with Crippen LogP contribution in [-0.4, -0.2) is 18.0 Å². The number of nitrogens with zero attached hydrogens (tertiary/aromatic N) is 1. The molecule has 1 heterocycles. The van der Waals surface area contributed by atoms with Gasteiger partial charge in [0.05, 0.1) is 18.4 Å². The summed E-state index contributed by atoms with van der Waals surface area (Å²) in [6.45, 7) is 0. The minimum atomic E-state index is -0.191. The van der Waals surface area contributed by atoms with Crippen molar-refractivity contribution in [3.8, 4) is 17.0 Å². The van der Waals surface area contributed by atoms with Crippen LogP contribution in [0, 0.1) is 0 Å². The van der Waals surface area contributed by atoms with Gasteiger partial charge >= 0.3 is 0 Å². The number of aromatic nitrogens is 1. The average molecular weight is 389 g/mol. The van der Waals surface area contributed by atoms with Crippen molar-refractivity contribution in [1.82, 2.24) is 4.98 Å². The minimum absolute atomic E-state index is 0.191. The Kier molecular flexibility index (Phi) is 4.73. The molecule has 0 saturated carbocycles. The van der Waals surface area contributed by atoms with Crippen molar-refractivity contribution in [2.24, 2.45) is 0 Å². The van der Waals surface area contributed by atoms with Gasteiger partial charge in [0.2, 0.25) is 0 Å². The molecule has 0 atom stereocenters. The number of ether oxygens (including phenoxy) is 1. The van der Waals surface area contributed by atoms with Crippen molar-refractivity contribution in [3.05, 3.63) is 63.9 Å². The Morgan fingerprint density at radius 3 is 2.83 bits per heavy atom. The molecule has 0 saturated heterocycles. The van der Waals surface area contributed by atoms with E-state index < -0.39 is 0 Å². The largest absolute Gasteiger partial charge is 0.497 e. The lowest BCUT2D eigenvalue weighted by Gasteiger charge is -2.04. The van der Waals surface area contributed by atoms with E-state index in [1.54, 1.807) is 13.2 Å². The highest BCUT2D eigenvalue weighted by Gasteiger charge is 2.12. The van der Waals surface area contributed by atoms with Crippen LogP contribution in [0.15, 0.2) is 58.4 Å². The molecule has 3 aromatic rings. The van der Waals surface area contributed by atoms with Crippen LogP contribution >= 0.6 is 27.3 Å². The van der Waals surface area contributed by atoms with Gasteiger partial charge in [0, 0.05) is 15.4 Å². The molecule has 0 aliphatic heterocycles. The van der Waals surface area contributed by atoms with Crippen LogP contribution in [0.5, 0.6) is 5.75 Å². The molecule has 0 aliphatic rings. The number of hydrogen-bond acceptors (Lipinski definition) is 4. The van der Waals surface area contributed by atoms with Gasteiger partial charge < -0.3 is 4.74 Å². The van der Waals surface area contributed by atoms with Gasteiger partial charge in [-0.2, -0.15) is 0 Å². The topological polar surface area (TPSA) is 51.2 Å². The van der Waals surface area contributed by atoms with Crippen LogP contribution in [-0.2, 0) is 0 Å². The lowest BCUT2D eigenvalue weighted by Crippen LogP contribution is -2.12. The summed E-state index contributed by atoms with van der Waals surface area (Å²) in [6, 6.07) is 14.9. The molecule has 23 heavy (non-hydrogen) atoms. The molecule has 0 fully saturated rings. The lowest BCUT2D eigenvalue weighted by molar-refractivity contribution is 0.102. The van der Waals surface area contributed by atoms with Crippen molar-refractivity contribution >= 4 is 38.3 Å². The van der Waals surface area contributed by atoms with Crippen molar-refractivity contribution in [1.29, 1.82) is 0 Å². The van der Waals surface area contributed by atoms with Crippen LogP contribution in [0.4, 0.5) is 5.13 Å². The summed E-state index contributed by atoms with van der Waals surface area (Å²) in [5.41, 5.74) is 2.32. The first kappa shape index (κ1) is 15.7. The first-order chi connectivity index (χ1) is 11.2. The van der Waals surface area contributed by atoms with E-state index in [9.17, 15) is 4.79 Å². The van der Waals surface area contributed by atoms with Crippen LogP contribution in [0.2, 0.25) is 0 Å². The third-order valence-corrected chi connectivity index (χ3v) is 4.66. The highest BCUT2D eigenvalue weighted by Crippen LogP contribution is 2.28. The molecule has 0 unspecified atom stereocenters. The van der Waals surface area contributed by atoms with Gasteiger partial charge in [0.15, 0.2) is 5.13 Å². The molecule has 0 bridgehead atoms. The van der Waals surface area contributed by atoms with Gasteiger partial charge in [0.1, 0.15) is 5.75 Å². The molecular formula is C17H13BrN2O2S. The summed E-state index contributed by atoms with van der Waals surface area (Å²) in [6.07, 6.45) is 0. The standard InChI is InChI=1S/C17H13BrN2O2S/c1-22-12-6-4-5-11(9-12)15-10-23-17(19-15)20-16(21)13-7-2-3-8-14(13)18/h2-10H,1H3,(H,19,20,21). The Morgan fingerprint density at radius 2 is 2.04 bits per heavy atom. The molecule has 3 rings (SSSR count). The Morgan fingerprint density at radius 1 is 1.22 bits per heavy atom. The third-order valence-electron chi connectivity index (χ3n) is 3.21. The number of benzene rings is 2. The predicted molar refractivity (Wildman–Crippen MR) is 96.2 cm³/mol. The summed E-state index contributed by atoms with van der Waals surface area (Å²) in [5, 5.41) is 5.29. The molecule has 6 heteroatoms. The third kappa shape index (κ3) is 3.60. The predicted octanol–water partition coefficient (Wildman–Crippen LogP) is 4.83.